The molecular weight excluding hydrogens is 267 g/mol. The maximum atomic E-state index is 8.48. The van der Waals surface area contributed by atoms with Gasteiger partial charge in [0.25, 0.3) is 0 Å². The van der Waals surface area contributed by atoms with Crippen LogP contribution in [0.4, 0.5) is 0 Å². The minimum atomic E-state index is 0. The van der Waals surface area contributed by atoms with E-state index in [1.54, 1.807) is 0 Å². The van der Waals surface area contributed by atoms with Gasteiger partial charge in [-0.2, -0.15) is 0 Å². The van der Waals surface area contributed by atoms with E-state index in [0.717, 1.165) is 18.7 Å². The van der Waals surface area contributed by atoms with Crippen LogP contribution < -0.4 is 5.73 Å². The van der Waals surface area contributed by atoms with Gasteiger partial charge in [-0.3, -0.25) is 0 Å². The molecule has 0 spiro atoms. The number of rotatable bonds is 1. The summed E-state index contributed by atoms with van der Waals surface area (Å²) in [6.07, 6.45) is 0. The van der Waals surface area contributed by atoms with Gasteiger partial charge in [-0.25, -0.2) is 0 Å². The Morgan fingerprint density at radius 1 is 1.33 bits per heavy atom. The summed E-state index contributed by atoms with van der Waals surface area (Å²) in [5.41, 5.74) is 8.61. The minimum absolute atomic E-state index is 0. The summed E-state index contributed by atoms with van der Waals surface area (Å²) < 4.78 is 0. The standard InChI is InChI=1S/C9H10N3O.CH3.Y/c10-9(12-13)6-1-2-7-4-11-5-8(7)3-6;;/h1-3,13H,4-5H2,(H2,10,12);1H3;/q2*-1;. The fraction of sp³-hybridized carbons (Fsp3) is 0.200. The first-order chi connectivity index (χ1) is 6.31. The number of oxime groups is 1. The molecule has 1 aliphatic heterocycles. The van der Waals surface area contributed by atoms with E-state index in [0.29, 0.717) is 0 Å². The third-order valence-electron chi connectivity index (χ3n) is 2.17. The fourth-order valence-corrected chi connectivity index (χ4v) is 1.44. The van der Waals surface area contributed by atoms with Gasteiger partial charge in [0.15, 0.2) is 5.84 Å². The quantitative estimate of drug-likeness (QED) is 0.270. The fourth-order valence-electron chi connectivity index (χ4n) is 1.44. The van der Waals surface area contributed by atoms with Crippen molar-refractivity contribution in [1.29, 1.82) is 0 Å². The van der Waals surface area contributed by atoms with Crippen LogP contribution in [0.15, 0.2) is 23.4 Å². The van der Waals surface area contributed by atoms with E-state index in [2.05, 4.69) is 10.5 Å². The molecule has 0 fully saturated rings. The summed E-state index contributed by atoms with van der Waals surface area (Å²) in [6, 6.07) is 5.73. The van der Waals surface area contributed by atoms with Crippen molar-refractivity contribution >= 4 is 5.84 Å². The van der Waals surface area contributed by atoms with Crippen molar-refractivity contribution < 1.29 is 37.9 Å². The third-order valence-corrected chi connectivity index (χ3v) is 2.17. The largest absolute Gasteiger partial charge is 0.655 e. The van der Waals surface area contributed by atoms with Crippen LogP contribution in [0.3, 0.4) is 0 Å². The van der Waals surface area contributed by atoms with Gasteiger partial charge in [-0.1, -0.05) is 28.4 Å². The van der Waals surface area contributed by atoms with Gasteiger partial charge >= 0.3 is 0 Å². The van der Waals surface area contributed by atoms with Crippen molar-refractivity contribution in [3.63, 3.8) is 0 Å². The molecule has 0 saturated carbocycles. The average molecular weight is 280 g/mol. The first kappa shape index (κ1) is 14.6. The van der Waals surface area contributed by atoms with E-state index in [4.69, 9.17) is 10.9 Å². The zero-order chi connectivity index (χ0) is 9.26. The maximum absolute atomic E-state index is 8.48. The number of fused-ring (bicyclic) bond motifs is 1. The SMILES string of the molecule is N/C(=N\O)c1ccc2c(c1)C[N-]C2.[CH3-].[Y]. The Balaban J connectivity index is 0.000000980. The molecular formula is C10H13N3OY-2. The Morgan fingerprint density at radius 2 is 2.00 bits per heavy atom. The first-order valence-corrected chi connectivity index (χ1v) is 4.04. The monoisotopic (exact) mass is 280 g/mol. The maximum Gasteiger partial charge on any atom is 0.170 e. The van der Waals surface area contributed by atoms with Gasteiger partial charge in [0.2, 0.25) is 0 Å². The van der Waals surface area contributed by atoms with E-state index < -0.39 is 0 Å². The third kappa shape index (κ3) is 3.00. The summed E-state index contributed by atoms with van der Waals surface area (Å²) in [5, 5.41) is 15.7. The van der Waals surface area contributed by atoms with Crippen molar-refractivity contribution in [2.24, 2.45) is 10.9 Å². The molecule has 1 aromatic rings. The van der Waals surface area contributed by atoms with Crippen LogP contribution in [0.25, 0.3) is 5.32 Å². The second kappa shape index (κ2) is 6.21. The van der Waals surface area contributed by atoms with E-state index in [-0.39, 0.29) is 46.0 Å². The van der Waals surface area contributed by atoms with Crippen molar-refractivity contribution in [3.05, 3.63) is 47.6 Å². The van der Waals surface area contributed by atoms with Gasteiger partial charge in [-0.15, -0.1) is 13.1 Å². The van der Waals surface area contributed by atoms with Crippen LogP contribution in [-0.2, 0) is 45.8 Å². The molecule has 0 unspecified atom stereocenters. The second-order valence-corrected chi connectivity index (χ2v) is 3.01. The molecule has 0 saturated heterocycles. The summed E-state index contributed by atoms with van der Waals surface area (Å²) >= 11 is 0. The second-order valence-electron chi connectivity index (χ2n) is 3.01. The van der Waals surface area contributed by atoms with E-state index in [1.807, 2.05) is 18.2 Å². The van der Waals surface area contributed by atoms with Gasteiger partial charge in [0.1, 0.15) is 0 Å². The number of amidine groups is 1. The molecule has 5 heteroatoms. The smallest absolute Gasteiger partial charge is 0.170 e. The van der Waals surface area contributed by atoms with E-state index in [9.17, 15) is 0 Å². The Labute approximate surface area is 115 Å². The summed E-state index contributed by atoms with van der Waals surface area (Å²) in [4.78, 5) is 0. The van der Waals surface area contributed by atoms with Crippen LogP contribution in [0, 0.1) is 7.43 Å². The van der Waals surface area contributed by atoms with Crippen molar-refractivity contribution in [2.45, 2.75) is 13.1 Å². The molecule has 0 aliphatic carbocycles. The van der Waals surface area contributed by atoms with Crippen LogP contribution >= 0.6 is 0 Å². The Morgan fingerprint density at radius 3 is 2.67 bits per heavy atom. The Bertz CT molecular complexity index is 366. The van der Waals surface area contributed by atoms with Gasteiger partial charge < -0.3 is 23.7 Å². The van der Waals surface area contributed by atoms with Crippen LogP contribution in [0.1, 0.15) is 16.7 Å². The Kier molecular flexibility index (Phi) is 6.02. The van der Waals surface area contributed by atoms with Crippen LogP contribution in [0.2, 0.25) is 0 Å². The van der Waals surface area contributed by atoms with E-state index in [1.165, 1.54) is 11.1 Å². The van der Waals surface area contributed by atoms with Crippen molar-refractivity contribution in [2.75, 3.05) is 0 Å². The molecule has 1 radical (unpaired) electrons. The molecule has 2 rings (SSSR count). The molecule has 15 heavy (non-hydrogen) atoms. The molecule has 1 aromatic carbocycles. The minimum Gasteiger partial charge on any atom is -0.655 e. The molecule has 0 amide bonds. The van der Waals surface area contributed by atoms with E-state index >= 15 is 0 Å². The number of hydrogen-bond donors (Lipinski definition) is 2. The zero-order valence-corrected chi connectivity index (χ0v) is 11.5. The molecule has 4 nitrogen and oxygen atoms in total. The van der Waals surface area contributed by atoms with Crippen LogP contribution in [-0.4, -0.2) is 11.0 Å². The van der Waals surface area contributed by atoms with Gasteiger partial charge in [-0.05, 0) is 6.07 Å². The number of hydrogen-bond acceptors (Lipinski definition) is 2. The number of nitrogens with two attached hydrogens (primary N) is 1. The molecule has 0 atom stereocenters. The van der Waals surface area contributed by atoms with Crippen molar-refractivity contribution in [1.82, 2.24) is 0 Å². The van der Waals surface area contributed by atoms with Gasteiger partial charge in [0.05, 0.1) is 0 Å². The number of nitrogens with zero attached hydrogens (tertiary/aromatic N) is 2. The normalized spacial score (nSPS) is 13.7. The molecule has 3 N–H and O–H groups in total. The Hall–Kier alpha value is -0.446. The molecule has 0 aromatic heterocycles. The van der Waals surface area contributed by atoms with Crippen LogP contribution in [0.5, 0.6) is 0 Å². The molecule has 1 heterocycles. The molecule has 79 valence electrons. The summed E-state index contributed by atoms with van der Waals surface area (Å²) in [6.45, 7) is 1.52. The first-order valence-electron chi connectivity index (χ1n) is 4.04. The topological polar surface area (TPSA) is 72.7 Å². The predicted molar refractivity (Wildman–Crippen MR) is 56.1 cm³/mol. The summed E-state index contributed by atoms with van der Waals surface area (Å²) in [5.74, 6) is 0.148. The zero-order valence-electron chi connectivity index (χ0n) is 8.64. The summed E-state index contributed by atoms with van der Waals surface area (Å²) in [7, 11) is 0. The average Bonchev–Trinajstić information content (AvgIpc) is 2.63. The van der Waals surface area contributed by atoms with Crippen molar-refractivity contribution in [3.8, 4) is 0 Å². The number of benzene rings is 1. The molecule has 0 bridgehead atoms. The molecule has 1 aliphatic rings. The van der Waals surface area contributed by atoms with Gasteiger partial charge in [0, 0.05) is 38.3 Å². The predicted octanol–water partition coefficient (Wildman–Crippen LogP) is 1.62.